The van der Waals surface area contributed by atoms with Crippen molar-refractivity contribution in [3.05, 3.63) is 66.5 Å². The summed E-state index contributed by atoms with van der Waals surface area (Å²) in [6.07, 6.45) is 6.60. The Morgan fingerprint density at radius 3 is 2.33 bits per heavy atom. The fourth-order valence-corrected chi connectivity index (χ4v) is 5.00. The number of benzene rings is 2. The van der Waals surface area contributed by atoms with Crippen molar-refractivity contribution in [1.29, 1.82) is 0 Å². The van der Waals surface area contributed by atoms with Crippen molar-refractivity contribution in [2.45, 2.75) is 12.8 Å². The minimum Gasteiger partial charge on any atom is -0.369 e. The lowest BCUT2D eigenvalue weighted by Crippen LogP contribution is -2.47. The van der Waals surface area contributed by atoms with Gasteiger partial charge in [-0.1, -0.05) is 24.3 Å². The fraction of sp³-hybridized carbons (Fsp3) is 0.345. The molecular formula is C29H32N6O. The predicted octanol–water partition coefficient (Wildman–Crippen LogP) is 4.53. The van der Waals surface area contributed by atoms with Gasteiger partial charge < -0.3 is 14.8 Å². The van der Waals surface area contributed by atoms with Gasteiger partial charge in [0.05, 0.1) is 11.9 Å². The first-order chi connectivity index (χ1) is 17.5. The van der Waals surface area contributed by atoms with E-state index in [4.69, 9.17) is 4.98 Å². The zero-order valence-electron chi connectivity index (χ0n) is 20.9. The normalized spacial score (nSPS) is 16.4. The van der Waals surface area contributed by atoms with Gasteiger partial charge in [0.1, 0.15) is 5.52 Å². The molecule has 2 aromatic carbocycles. The molecule has 1 aliphatic carbocycles. The number of aromatic amines is 1. The number of nitrogens with zero attached hydrogens (tertiary/aromatic N) is 5. The molecule has 0 atom stereocenters. The average Bonchev–Trinajstić information content (AvgIpc) is 3.64. The number of aromatic nitrogens is 3. The maximum atomic E-state index is 12.2. The summed E-state index contributed by atoms with van der Waals surface area (Å²) in [6, 6.07) is 16.4. The van der Waals surface area contributed by atoms with E-state index in [1.54, 1.807) is 19.0 Å². The van der Waals surface area contributed by atoms with Gasteiger partial charge in [-0.15, -0.1) is 0 Å². The number of anilines is 1. The van der Waals surface area contributed by atoms with E-state index in [0.717, 1.165) is 65.6 Å². The highest BCUT2D eigenvalue weighted by molar-refractivity contribution is 5.96. The molecule has 184 valence electrons. The first kappa shape index (κ1) is 22.7. The van der Waals surface area contributed by atoms with Gasteiger partial charge in [0.2, 0.25) is 0 Å². The lowest BCUT2D eigenvalue weighted by Gasteiger charge is -2.36. The van der Waals surface area contributed by atoms with E-state index in [0.29, 0.717) is 5.56 Å². The van der Waals surface area contributed by atoms with Crippen LogP contribution in [0, 0.1) is 5.92 Å². The Kier molecular flexibility index (Phi) is 5.93. The third kappa shape index (κ3) is 4.58. The van der Waals surface area contributed by atoms with Crippen LogP contribution >= 0.6 is 0 Å². The minimum absolute atomic E-state index is 0.00820. The van der Waals surface area contributed by atoms with Crippen molar-refractivity contribution >= 4 is 22.8 Å². The standard InChI is InChI=1S/C29H32N6O/c1-33(2)29(36)23-7-5-21(6-8-23)25-17-30-28-27(25)32-26(18-31-28)22-9-11-24(12-10-22)35-15-13-34(14-16-35)19-20-3-4-20/h5-12,17-18,20H,3-4,13-16,19H2,1-2H3,(H,30,31). The van der Waals surface area contributed by atoms with E-state index in [9.17, 15) is 4.79 Å². The number of rotatable bonds is 6. The molecule has 3 heterocycles. The Morgan fingerprint density at radius 2 is 1.67 bits per heavy atom. The van der Waals surface area contributed by atoms with Crippen LogP contribution < -0.4 is 4.90 Å². The molecule has 0 spiro atoms. The summed E-state index contributed by atoms with van der Waals surface area (Å²) in [5.41, 5.74) is 7.40. The van der Waals surface area contributed by atoms with Gasteiger partial charge in [0.15, 0.2) is 5.65 Å². The zero-order valence-corrected chi connectivity index (χ0v) is 20.9. The highest BCUT2D eigenvalue weighted by atomic mass is 16.2. The number of carbonyl (C=O) groups excluding carboxylic acids is 1. The summed E-state index contributed by atoms with van der Waals surface area (Å²) in [5, 5.41) is 0. The maximum Gasteiger partial charge on any atom is 0.253 e. The van der Waals surface area contributed by atoms with Gasteiger partial charge >= 0.3 is 0 Å². The van der Waals surface area contributed by atoms with Crippen molar-refractivity contribution in [2.24, 2.45) is 5.92 Å². The molecular weight excluding hydrogens is 448 g/mol. The Hall–Kier alpha value is -3.71. The first-order valence-corrected chi connectivity index (χ1v) is 12.8. The van der Waals surface area contributed by atoms with E-state index in [2.05, 4.69) is 44.0 Å². The third-order valence-corrected chi connectivity index (χ3v) is 7.34. The first-order valence-electron chi connectivity index (χ1n) is 12.8. The highest BCUT2D eigenvalue weighted by Crippen LogP contribution is 2.31. The summed E-state index contributed by atoms with van der Waals surface area (Å²) in [5.74, 6) is 0.951. The predicted molar refractivity (Wildman–Crippen MR) is 144 cm³/mol. The molecule has 2 aromatic heterocycles. The quantitative estimate of drug-likeness (QED) is 0.439. The fourth-order valence-electron chi connectivity index (χ4n) is 5.00. The summed E-state index contributed by atoms with van der Waals surface area (Å²) in [6.45, 7) is 5.77. The number of carbonyl (C=O) groups is 1. The molecule has 1 saturated carbocycles. The molecule has 0 radical (unpaired) electrons. The number of fused-ring (bicyclic) bond motifs is 1. The second-order valence-corrected chi connectivity index (χ2v) is 10.2. The summed E-state index contributed by atoms with van der Waals surface area (Å²) in [7, 11) is 3.52. The van der Waals surface area contributed by atoms with E-state index >= 15 is 0 Å². The van der Waals surface area contributed by atoms with Gasteiger partial charge in [-0.05, 0) is 48.6 Å². The lowest BCUT2D eigenvalue weighted by atomic mass is 10.1. The Labute approximate surface area is 211 Å². The molecule has 0 bridgehead atoms. The van der Waals surface area contributed by atoms with Crippen LogP contribution in [0.4, 0.5) is 5.69 Å². The van der Waals surface area contributed by atoms with E-state index in [-0.39, 0.29) is 5.91 Å². The number of amides is 1. The Morgan fingerprint density at radius 1 is 0.972 bits per heavy atom. The van der Waals surface area contributed by atoms with E-state index in [1.807, 2.05) is 36.7 Å². The SMILES string of the molecule is CN(C)C(=O)c1ccc(-c2c[nH]c3ncc(-c4ccc(N5CCN(CC6CC6)CC5)cc4)nc23)cc1. The minimum atomic E-state index is -0.00820. The van der Waals surface area contributed by atoms with Gasteiger partial charge in [0.25, 0.3) is 5.91 Å². The zero-order chi connectivity index (χ0) is 24.6. The molecule has 1 aliphatic heterocycles. The maximum absolute atomic E-state index is 12.2. The van der Waals surface area contributed by atoms with Crippen molar-refractivity contribution in [3.63, 3.8) is 0 Å². The Balaban J connectivity index is 1.20. The molecule has 0 unspecified atom stereocenters. The highest BCUT2D eigenvalue weighted by Gasteiger charge is 2.26. The molecule has 1 saturated heterocycles. The number of hydrogen-bond donors (Lipinski definition) is 1. The summed E-state index contributed by atoms with van der Waals surface area (Å²) >= 11 is 0. The van der Waals surface area contributed by atoms with Crippen LogP contribution in [0.25, 0.3) is 33.5 Å². The smallest absolute Gasteiger partial charge is 0.253 e. The van der Waals surface area contributed by atoms with Crippen molar-refractivity contribution in [2.75, 3.05) is 51.7 Å². The molecule has 1 N–H and O–H groups in total. The van der Waals surface area contributed by atoms with Crippen molar-refractivity contribution in [3.8, 4) is 22.4 Å². The molecule has 2 fully saturated rings. The molecule has 1 amide bonds. The molecule has 2 aliphatic rings. The van der Waals surface area contributed by atoms with Crippen LogP contribution in [0.2, 0.25) is 0 Å². The largest absolute Gasteiger partial charge is 0.369 e. The van der Waals surface area contributed by atoms with Gasteiger partial charge in [-0.2, -0.15) is 0 Å². The average molecular weight is 481 g/mol. The van der Waals surface area contributed by atoms with Crippen LogP contribution in [-0.2, 0) is 0 Å². The van der Waals surface area contributed by atoms with E-state index < -0.39 is 0 Å². The van der Waals surface area contributed by atoms with Crippen LogP contribution in [0.3, 0.4) is 0 Å². The lowest BCUT2D eigenvalue weighted by molar-refractivity contribution is 0.0827. The van der Waals surface area contributed by atoms with Gasteiger partial charge in [0, 0.05) is 75.4 Å². The van der Waals surface area contributed by atoms with E-state index in [1.165, 1.54) is 25.1 Å². The second kappa shape index (κ2) is 9.39. The van der Waals surface area contributed by atoms with Crippen LogP contribution in [0.1, 0.15) is 23.2 Å². The molecule has 7 nitrogen and oxygen atoms in total. The van der Waals surface area contributed by atoms with Crippen LogP contribution in [-0.4, -0.2) is 77.5 Å². The van der Waals surface area contributed by atoms with Crippen molar-refractivity contribution in [1.82, 2.24) is 24.8 Å². The van der Waals surface area contributed by atoms with Crippen LogP contribution in [0.5, 0.6) is 0 Å². The molecule has 4 aromatic rings. The van der Waals surface area contributed by atoms with Gasteiger partial charge in [-0.25, -0.2) is 9.97 Å². The number of nitrogens with one attached hydrogen (secondary N) is 1. The second-order valence-electron chi connectivity index (χ2n) is 10.2. The Bertz CT molecular complexity index is 1360. The van der Waals surface area contributed by atoms with Gasteiger partial charge in [-0.3, -0.25) is 9.69 Å². The molecule has 36 heavy (non-hydrogen) atoms. The van der Waals surface area contributed by atoms with Crippen molar-refractivity contribution < 1.29 is 4.79 Å². The molecule has 6 rings (SSSR count). The number of piperazine rings is 1. The molecule has 7 heteroatoms. The topological polar surface area (TPSA) is 68.4 Å². The monoisotopic (exact) mass is 480 g/mol. The number of hydrogen-bond acceptors (Lipinski definition) is 5. The third-order valence-electron chi connectivity index (χ3n) is 7.34. The summed E-state index contributed by atoms with van der Waals surface area (Å²) in [4.78, 5) is 31.7. The number of H-pyrrole nitrogens is 1. The van der Waals surface area contributed by atoms with Crippen LogP contribution in [0.15, 0.2) is 60.9 Å². The summed E-state index contributed by atoms with van der Waals surface area (Å²) < 4.78 is 0.